The van der Waals surface area contributed by atoms with Gasteiger partial charge in [-0.15, -0.1) is 0 Å². The summed E-state index contributed by atoms with van der Waals surface area (Å²) in [7, 11) is 0. The minimum Gasteiger partial charge on any atom is -0.396 e. The van der Waals surface area contributed by atoms with Crippen LogP contribution in [0.25, 0.3) is 0 Å². The molecule has 90 valence electrons. The molecular formula is C13H27NO. The summed E-state index contributed by atoms with van der Waals surface area (Å²) < 4.78 is 0. The van der Waals surface area contributed by atoms with Gasteiger partial charge >= 0.3 is 0 Å². The molecule has 0 bridgehead atoms. The Hall–Kier alpha value is -0.0800. The van der Waals surface area contributed by atoms with Crippen LogP contribution < -0.4 is 0 Å². The lowest BCUT2D eigenvalue weighted by Gasteiger charge is -2.50. The number of likely N-dealkylation sites (tertiary alicyclic amines) is 1. The van der Waals surface area contributed by atoms with Gasteiger partial charge in [-0.05, 0) is 23.7 Å². The van der Waals surface area contributed by atoms with Gasteiger partial charge in [0.1, 0.15) is 0 Å². The third kappa shape index (κ3) is 3.18. The summed E-state index contributed by atoms with van der Waals surface area (Å²) in [5.74, 6) is 1.67. The molecule has 1 rings (SSSR count). The second kappa shape index (κ2) is 4.84. The first-order valence-electron chi connectivity index (χ1n) is 6.21. The zero-order valence-electron chi connectivity index (χ0n) is 11.0. The predicted octanol–water partition coefficient (Wildman–Crippen LogP) is 2.37. The smallest absolute Gasteiger partial charge is 0.0446 e. The van der Waals surface area contributed by atoms with E-state index in [9.17, 15) is 0 Å². The molecule has 1 fully saturated rings. The molecule has 0 amide bonds. The molecule has 2 heteroatoms. The van der Waals surface area contributed by atoms with E-state index < -0.39 is 0 Å². The molecule has 1 heterocycles. The van der Waals surface area contributed by atoms with E-state index in [1.54, 1.807) is 0 Å². The van der Waals surface area contributed by atoms with Crippen LogP contribution in [0.15, 0.2) is 0 Å². The normalized spacial score (nSPS) is 21.8. The van der Waals surface area contributed by atoms with Crippen LogP contribution in [0.1, 0.15) is 41.0 Å². The Morgan fingerprint density at radius 1 is 1.27 bits per heavy atom. The van der Waals surface area contributed by atoms with E-state index in [0.29, 0.717) is 12.6 Å². The fourth-order valence-corrected chi connectivity index (χ4v) is 2.51. The zero-order valence-corrected chi connectivity index (χ0v) is 11.0. The standard InChI is InChI=1S/C13H27NO/c1-10(2)11-8-14(9-11)12(6-7-15)13(3,4)5/h10-12,15H,6-9H2,1-5H3. The number of nitrogens with zero attached hydrogens (tertiary/aromatic N) is 1. The van der Waals surface area contributed by atoms with Gasteiger partial charge in [0.25, 0.3) is 0 Å². The highest BCUT2D eigenvalue weighted by Crippen LogP contribution is 2.34. The molecule has 0 aromatic heterocycles. The fraction of sp³-hybridized carbons (Fsp3) is 1.00. The molecule has 1 aliphatic heterocycles. The van der Waals surface area contributed by atoms with E-state index >= 15 is 0 Å². The van der Waals surface area contributed by atoms with Crippen LogP contribution in [0.4, 0.5) is 0 Å². The first-order valence-corrected chi connectivity index (χ1v) is 6.21. The Morgan fingerprint density at radius 2 is 1.80 bits per heavy atom. The van der Waals surface area contributed by atoms with Crippen LogP contribution in [-0.4, -0.2) is 35.7 Å². The average Bonchev–Trinajstić information content (AvgIpc) is 1.97. The van der Waals surface area contributed by atoms with Crippen molar-refractivity contribution in [2.24, 2.45) is 17.3 Å². The number of aliphatic hydroxyl groups excluding tert-OH is 1. The molecule has 1 saturated heterocycles. The second-order valence-corrected chi connectivity index (χ2v) is 6.35. The third-order valence-corrected chi connectivity index (χ3v) is 3.72. The Bertz CT molecular complexity index is 189. The molecule has 15 heavy (non-hydrogen) atoms. The van der Waals surface area contributed by atoms with Crippen LogP contribution in [0.5, 0.6) is 0 Å². The lowest BCUT2D eigenvalue weighted by molar-refractivity contribution is -0.0248. The molecule has 0 radical (unpaired) electrons. The molecule has 1 N–H and O–H groups in total. The highest BCUT2D eigenvalue weighted by Gasteiger charge is 2.38. The monoisotopic (exact) mass is 213 g/mol. The van der Waals surface area contributed by atoms with Gasteiger partial charge < -0.3 is 5.11 Å². The average molecular weight is 213 g/mol. The van der Waals surface area contributed by atoms with E-state index in [-0.39, 0.29) is 5.41 Å². The van der Waals surface area contributed by atoms with Crippen molar-refractivity contribution in [2.45, 2.75) is 47.1 Å². The summed E-state index contributed by atoms with van der Waals surface area (Å²) in [5.41, 5.74) is 0.282. The number of hydrogen-bond acceptors (Lipinski definition) is 2. The summed E-state index contributed by atoms with van der Waals surface area (Å²) in [4.78, 5) is 2.54. The van der Waals surface area contributed by atoms with E-state index in [0.717, 1.165) is 18.3 Å². The number of hydrogen-bond donors (Lipinski definition) is 1. The molecule has 1 unspecified atom stereocenters. The van der Waals surface area contributed by atoms with E-state index in [1.165, 1.54) is 13.1 Å². The molecule has 0 saturated carbocycles. The Labute approximate surface area is 94.7 Å². The minimum atomic E-state index is 0.282. The van der Waals surface area contributed by atoms with Crippen molar-refractivity contribution in [3.05, 3.63) is 0 Å². The third-order valence-electron chi connectivity index (χ3n) is 3.72. The topological polar surface area (TPSA) is 23.5 Å². The van der Waals surface area contributed by atoms with Gasteiger partial charge in [-0.2, -0.15) is 0 Å². The second-order valence-electron chi connectivity index (χ2n) is 6.35. The lowest BCUT2D eigenvalue weighted by atomic mass is 9.79. The maximum atomic E-state index is 9.12. The van der Waals surface area contributed by atoms with Crippen molar-refractivity contribution in [1.82, 2.24) is 4.90 Å². The Balaban J connectivity index is 2.47. The quantitative estimate of drug-likeness (QED) is 0.775. The van der Waals surface area contributed by atoms with Crippen LogP contribution in [-0.2, 0) is 0 Å². The van der Waals surface area contributed by atoms with Crippen LogP contribution in [0.2, 0.25) is 0 Å². The van der Waals surface area contributed by atoms with E-state index in [4.69, 9.17) is 5.11 Å². The van der Waals surface area contributed by atoms with E-state index in [2.05, 4.69) is 39.5 Å². The highest BCUT2D eigenvalue weighted by molar-refractivity contribution is 4.91. The first-order chi connectivity index (χ1) is 6.86. The summed E-state index contributed by atoms with van der Waals surface area (Å²) in [6, 6.07) is 0.539. The molecular weight excluding hydrogens is 186 g/mol. The molecule has 0 aliphatic carbocycles. The van der Waals surface area contributed by atoms with Gasteiger partial charge in [0.05, 0.1) is 0 Å². The molecule has 1 atom stereocenters. The maximum Gasteiger partial charge on any atom is 0.0446 e. The molecule has 0 spiro atoms. The molecule has 0 aromatic carbocycles. The van der Waals surface area contributed by atoms with Gasteiger partial charge in [0, 0.05) is 25.7 Å². The molecule has 2 nitrogen and oxygen atoms in total. The summed E-state index contributed by atoms with van der Waals surface area (Å²) in [6.07, 6.45) is 0.911. The summed E-state index contributed by atoms with van der Waals surface area (Å²) in [5, 5.41) is 9.12. The summed E-state index contributed by atoms with van der Waals surface area (Å²) >= 11 is 0. The van der Waals surface area contributed by atoms with Crippen molar-refractivity contribution in [2.75, 3.05) is 19.7 Å². The van der Waals surface area contributed by atoms with Gasteiger partial charge in [-0.1, -0.05) is 34.6 Å². The fourth-order valence-electron chi connectivity index (χ4n) is 2.51. The van der Waals surface area contributed by atoms with Crippen LogP contribution in [0.3, 0.4) is 0 Å². The largest absolute Gasteiger partial charge is 0.396 e. The SMILES string of the molecule is CC(C)C1CN(C(CCO)C(C)(C)C)C1. The predicted molar refractivity (Wildman–Crippen MR) is 64.8 cm³/mol. The van der Waals surface area contributed by atoms with Crippen molar-refractivity contribution in [3.8, 4) is 0 Å². The molecule has 1 aliphatic rings. The minimum absolute atomic E-state index is 0.282. The number of aliphatic hydroxyl groups is 1. The van der Waals surface area contributed by atoms with Crippen molar-refractivity contribution >= 4 is 0 Å². The van der Waals surface area contributed by atoms with Crippen molar-refractivity contribution in [1.29, 1.82) is 0 Å². The van der Waals surface area contributed by atoms with Gasteiger partial charge in [-0.25, -0.2) is 0 Å². The van der Waals surface area contributed by atoms with Crippen molar-refractivity contribution in [3.63, 3.8) is 0 Å². The lowest BCUT2D eigenvalue weighted by Crippen LogP contribution is -2.57. The molecule has 0 aromatic rings. The van der Waals surface area contributed by atoms with E-state index in [1.807, 2.05) is 0 Å². The van der Waals surface area contributed by atoms with Crippen LogP contribution in [0, 0.1) is 17.3 Å². The first kappa shape index (κ1) is 13.0. The Kier molecular flexibility index (Phi) is 4.19. The van der Waals surface area contributed by atoms with Gasteiger partial charge in [-0.3, -0.25) is 4.90 Å². The van der Waals surface area contributed by atoms with Crippen LogP contribution >= 0.6 is 0 Å². The highest BCUT2D eigenvalue weighted by atomic mass is 16.3. The van der Waals surface area contributed by atoms with Gasteiger partial charge in [0.15, 0.2) is 0 Å². The Morgan fingerprint density at radius 3 is 2.13 bits per heavy atom. The van der Waals surface area contributed by atoms with Gasteiger partial charge in [0.2, 0.25) is 0 Å². The maximum absolute atomic E-state index is 9.12. The number of rotatable bonds is 4. The summed E-state index contributed by atoms with van der Waals surface area (Å²) in [6.45, 7) is 14.2. The van der Waals surface area contributed by atoms with Crippen molar-refractivity contribution < 1.29 is 5.11 Å². The zero-order chi connectivity index (χ0) is 11.6.